The molecule has 7 heteroatoms. The van der Waals surface area contributed by atoms with E-state index in [2.05, 4.69) is 14.9 Å². The molecular weight excluding hydrogens is 236 g/mol. The molecule has 0 N–H and O–H groups in total. The predicted molar refractivity (Wildman–Crippen MR) is 62.6 cm³/mol. The third kappa shape index (κ3) is 2.15. The number of carbonyl (C=O) groups excluding carboxylic acids is 1. The second-order valence-corrected chi connectivity index (χ2v) is 3.49. The minimum absolute atomic E-state index is 0.258. The van der Waals surface area contributed by atoms with Crippen LogP contribution >= 0.6 is 0 Å². The lowest BCUT2D eigenvalue weighted by Crippen LogP contribution is -2.21. The van der Waals surface area contributed by atoms with Gasteiger partial charge in [0.25, 0.3) is 0 Å². The Bertz CT molecular complexity index is 629. The number of nitrogens with zero attached hydrogens (tertiary/aromatic N) is 4. The van der Waals surface area contributed by atoms with Gasteiger partial charge < -0.3 is 4.74 Å². The molecule has 0 radical (unpaired) electrons. The highest BCUT2D eigenvalue weighted by molar-refractivity contribution is 5.86. The van der Waals surface area contributed by atoms with Gasteiger partial charge in [0.1, 0.15) is 0 Å². The second-order valence-electron chi connectivity index (χ2n) is 3.49. The van der Waals surface area contributed by atoms with Crippen LogP contribution in [0.25, 0.3) is 5.82 Å². The van der Waals surface area contributed by atoms with Gasteiger partial charge in [-0.1, -0.05) is 0 Å². The van der Waals surface area contributed by atoms with Crippen LogP contribution < -0.4 is 5.43 Å². The molecule has 0 aliphatic rings. The molecule has 0 aromatic carbocycles. The molecule has 2 aromatic heterocycles. The summed E-state index contributed by atoms with van der Waals surface area (Å²) in [6, 6.07) is 2.99. The lowest BCUT2D eigenvalue weighted by molar-refractivity contribution is 0.0590. The second kappa shape index (κ2) is 4.82. The number of aromatic nitrogens is 4. The first-order valence-corrected chi connectivity index (χ1v) is 5.38. The molecule has 0 atom stereocenters. The van der Waals surface area contributed by atoms with Gasteiger partial charge in [-0.05, 0) is 6.92 Å². The average Bonchev–Trinajstić information content (AvgIpc) is 2.87. The SMILES string of the molecule is CCn1ccc(-n2ccc(=O)c(C(=O)OC)n2)n1. The highest BCUT2D eigenvalue weighted by Gasteiger charge is 2.13. The van der Waals surface area contributed by atoms with Crippen molar-refractivity contribution in [2.45, 2.75) is 13.5 Å². The molecule has 0 amide bonds. The largest absolute Gasteiger partial charge is 0.464 e. The Morgan fingerprint density at radius 2 is 2.11 bits per heavy atom. The molecule has 7 nitrogen and oxygen atoms in total. The Kier molecular flexibility index (Phi) is 3.22. The minimum Gasteiger partial charge on any atom is -0.464 e. The Morgan fingerprint density at radius 3 is 2.72 bits per heavy atom. The Balaban J connectivity index is 2.46. The Labute approximate surface area is 103 Å². The molecule has 0 fully saturated rings. The fourth-order valence-electron chi connectivity index (χ4n) is 1.42. The molecule has 0 saturated heterocycles. The van der Waals surface area contributed by atoms with Gasteiger partial charge in [-0.2, -0.15) is 10.2 Å². The number of hydrogen-bond acceptors (Lipinski definition) is 5. The molecule has 2 aromatic rings. The van der Waals surface area contributed by atoms with E-state index in [1.54, 1.807) is 16.9 Å². The maximum Gasteiger partial charge on any atom is 0.362 e. The molecule has 0 spiro atoms. The van der Waals surface area contributed by atoms with Crippen LogP contribution in [-0.2, 0) is 11.3 Å². The van der Waals surface area contributed by atoms with Gasteiger partial charge >= 0.3 is 5.97 Å². The fraction of sp³-hybridized carbons (Fsp3) is 0.273. The summed E-state index contributed by atoms with van der Waals surface area (Å²) in [5.74, 6) is -0.230. The molecule has 0 unspecified atom stereocenters. The minimum atomic E-state index is -0.760. The summed E-state index contributed by atoms with van der Waals surface area (Å²) in [6.07, 6.45) is 3.24. The number of hydrogen-bond donors (Lipinski definition) is 0. The highest BCUT2D eigenvalue weighted by atomic mass is 16.5. The van der Waals surface area contributed by atoms with Crippen LogP contribution in [0.1, 0.15) is 17.4 Å². The number of ether oxygens (including phenoxy) is 1. The van der Waals surface area contributed by atoms with Crippen molar-refractivity contribution in [3.63, 3.8) is 0 Å². The molecule has 0 saturated carbocycles. The average molecular weight is 248 g/mol. The van der Waals surface area contributed by atoms with E-state index in [-0.39, 0.29) is 5.69 Å². The maximum absolute atomic E-state index is 11.5. The molecule has 18 heavy (non-hydrogen) atoms. The summed E-state index contributed by atoms with van der Waals surface area (Å²) in [6.45, 7) is 2.68. The first-order valence-electron chi connectivity index (χ1n) is 5.38. The van der Waals surface area contributed by atoms with E-state index in [1.165, 1.54) is 24.1 Å². The number of methoxy groups -OCH3 is 1. The van der Waals surface area contributed by atoms with Crippen LogP contribution in [-0.4, -0.2) is 32.6 Å². The fourth-order valence-corrected chi connectivity index (χ4v) is 1.42. The van der Waals surface area contributed by atoms with E-state index in [9.17, 15) is 9.59 Å². The van der Waals surface area contributed by atoms with Gasteiger partial charge in [0.2, 0.25) is 11.1 Å². The van der Waals surface area contributed by atoms with Crippen LogP contribution in [0, 0.1) is 0 Å². The number of carbonyl (C=O) groups is 1. The van der Waals surface area contributed by atoms with E-state index in [0.29, 0.717) is 5.82 Å². The van der Waals surface area contributed by atoms with E-state index < -0.39 is 11.4 Å². The lowest BCUT2D eigenvalue weighted by atomic mass is 10.4. The van der Waals surface area contributed by atoms with Crippen molar-refractivity contribution in [3.8, 4) is 5.82 Å². The van der Waals surface area contributed by atoms with Crippen molar-refractivity contribution in [3.05, 3.63) is 40.4 Å². The summed E-state index contributed by atoms with van der Waals surface area (Å²) in [5, 5.41) is 8.13. The zero-order valence-electron chi connectivity index (χ0n) is 10.0. The van der Waals surface area contributed by atoms with Crippen LogP contribution in [0.3, 0.4) is 0 Å². The molecule has 0 aliphatic heterocycles. The maximum atomic E-state index is 11.5. The molecule has 2 heterocycles. The van der Waals surface area contributed by atoms with E-state index in [1.807, 2.05) is 6.92 Å². The summed E-state index contributed by atoms with van der Waals surface area (Å²) >= 11 is 0. The third-order valence-electron chi connectivity index (χ3n) is 2.37. The third-order valence-corrected chi connectivity index (χ3v) is 2.37. The van der Waals surface area contributed by atoms with Crippen molar-refractivity contribution in [2.24, 2.45) is 0 Å². The van der Waals surface area contributed by atoms with Crippen LogP contribution in [0.15, 0.2) is 29.3 Å². The topological polar surface area (TPSA) is 79.0 Å². The molecule has 0 bridgehead atoms. The summed E-state index contributed by atoms with van der Waals surface area (Å²) in [5.41, 5.74) is -0.737. The molecule has 94 valence electrons. The van der Waals surface area contributed by atoms with Gasteiger partial charge in [-0.25, -0.2) is 9.48 Å². The molecular formula is C11H12N4O3. The van der Waals surface area contributed by atoms with Crippen LogP contribution in [0.4, 0.5) is 0 Å². The number of esters is 1. The smallest absolute Gasteiger partial charge is 0.362 e. The van der Waals surface area contributed by atoms with Gasteiger partial charge in [-0.15, -0.1) is 0 Å². The van der Waals surface area contributed by atoms with Crippen molar-refractivity contribution >= 4 is 5.97 Å². The number of rotatable bonds is 3. The first-order chi connectivity index (χ1) is 8.65. The van der Waals surface area contributed by atoms with E-state index >= 15 is 0 Å². The van der Waals surface area contributed by atoms with Crippen molar-refractivity contribution in [2.75, 3.05) is 7.11 Å². The van der Waals surface area contributed by atoms with Gasteiger partial charge in [0, 0.05) is 31.1 Å². The van der Waals surface area contributed by atoms with Gasteiger partial charge in [0.05, 0.1) is 7.11 Å². The monoisotopic (exact) mass is 248 g/mol. The standard InChI is InChI=1S/C11H12N4O3/c1-3-14-6-5-9(12-14)15-7-4-8(16)10(13-15)11(17)18-2/h4-7H,3H2,1-2H3. The summed E-state index contributed by atoms with van der Waals surface area (Å²) in [4.78, 5) is 22.8. The highest BCUT2D eigenvalue weighted by Crippen LogP contribution is 2.02. The van der Waals surface area contributed by atoms with Gasteiger partial charge in [0.15, 0.2) is 5.82 Å². The predicted octanol–water partition coefficient (Wildman–Crippen LogP) is 0.235. The van der Waals surface area contributed by atoms with Crippen molar-refractivity contribution in [1.29, 1.82) is 0 Å². The normalized spacial score (nSPS) is 10.3. The molecule has 0 aliphatic carbocycles. The Morgan fingerprint density at radius 1 is 1.33 bits per heavy atom. The Hall–Kier alpha value is -2.44. The number of aryl methyl sites for hydroxylation is 1. The first kappa shape index (κ1) is 12.0. The zero-order valence-corrected chi connectivity index (χ0v) is 10.0. The lowest BCUT2D eigenvalue weighted by Gasteiger charge is -2.03. The van der Waals surface area contributed by atoms with E-state index in [4.69, 9.17) is 0 Å². The van der Waals surface area contributed by atoms with Crippen molar-refractivity contribution in [1.82, 2.24) is 19.6 Å². The quantitative estimate of drug-likeness (QED) is 0.727. The van der Waals surface area contributed by atoms with Crippen LogP contribution in [0.2, 0.25) is 0 Å². The van der Waals surface area contributed by atoms with Crippen molar-refractivity contribution < 1.29 is 9.53 Å². The summed E-state index contributed by atoms with van der Waals surface area (Å²) < 4.78 is 7.57. The van der Waals surface area contributed by atoms with E-state index in [0.717, 1.165) is 6.54 Å². The van der Waals surface area contributed by atoms with Gasteiger partial charge in [-0.3, -0.25) is 9.48 Å². The van der Waals surface area contributed by atoms with Crippen LogP contribution in [0.5, 0.6) is 0 Å². The summed E-state index contributed by atoms with van der Waals surface area (Å²) in [7, 11) is 1.20. The zero-order chi connectivity index (χ0) is 13.1. The molecule has 2 rings (SSSR count).